The number of aromatic amines is 1. The minimum Gasteiger partial charge on any atom is -0.342 e. The second-order valence-electron chi connectivity index (χ2n) is 9.04. The molecule has 4 rings (SSSR count). The molecule has 1 aliphatic rings. The van der Waals surface area contributed by atoms with Gasteiger partial charge in [0.1, 0.15) is 0 Å². The van der Waals surface area contributed by atoms with Gasteiger partial charge in [-0.3, -0.25) is 14.3 Å². The molecule has 0 unspecified atom stereocenters. The van der Waals surface area contributed by atoms with Gasteiger partial charge in [-0.2, -0.15) is 4.98 Å². The molecule has 9 nitrogen and oxygen atoms in total. The lowest BCUT2D eigenvalue weighted by Gasteiger charge is -2.35. The number of piperidine rings is 1. The van der Waals surface area contributed by atoms with E-state index >= 15 is 0 Å². The van der Waals surface area contributed by atoms with E-state index in [1.54, 1.807) is 18.8 Å². The molecular weight excluding hydrogens is 426 g/mol. The molecule has 0 bridgehead atoms. The lowest BCUT2D eigenvalue weighted by atomic mass is 9.92. The molecule has 0 spiro atoms. The molecule has 1 aliphatic heterocycles. The third-order valence-electron chi connectivity index (χ3n) is 5.86. The van der Waals surface area contributed by atoms with E-state index in [0.29, 0.717) is 29.5 Å². The molecular formula is C22H31N7O2S. The van der Waals surface area contributed by atoms with Gasteiger partial charge in [0.05, 0.1) is 0 Å². The molecule has 10 heteroatoms. The second kappa shape index (κ2) is 9.09. The normalized spacial score (nSPS) is 19.1. The Bertz CT molecular complexity index is 1220. The Morgan fingerprint density at radius 3 is 2.41 bits per heavy atom. The van der Waals surface area contributed by atoms with E-state index in [-0.39, 0.29) is 5.56 Å². The minimum atomic E-state index is -0.443. The summed E-state index contributed by atoms with van der Waals surface area (Å²) in [4.78, 5) is 43.4. The van der Waals surface area contributed by atoms with E-state index in [2.05, 4.69) is 33.7 Å². The van der Waals surface area contributed by atoms with Crippen LogP contribution in [0.25, 0.3) is 11.2 Å². The number of hydrogen-bond donors (Lipinski definition) is 1. The van der Waals surface area contributed by atoms with Crippen molar-refractivity contribution >= 4 is 28.9 Å². The van der Waals surface area contributed by atoms with Gasteiger partial charge in [0.25, 0.3) is 5.56 Å². The zero-order valence-corrected chi connectivity index (χ0v) is 20.2. The highest BCUT2D eigenvalue weighted by Gasteiger charge is 2.27. The molecule has 0 aromatic carbocycles. The Kier molecular flexibility index (Phi) is 6.41. The predicted molar refractivity (Wildman–Crippen MR) is 128 cm³/mol. The van der Waals surface area contributed by atoms with Crippen molar-refractivity contribution in [1.82, 2.24) is 29.1 Å². The van der Waals surface area contributed by atoms with Crippen LogP contribution in [0.5, 0.6) is 0 Å². The van der Waals surface area contributed by atoms with E-state index < -0.39 is 5.69 Å². The van der Waals surface area contributed by atoms with Gasteiger partial charge in [-0.1, -0.05) is 25.6 Å². The van der Waals surface area contributed by atoms with E-state index in [0.717, 1.165) is 47.8 Å². The molecule has 0 radical (unpaired) electrons. The van der Waals surface area contributed by atoms with Crippen molar-refractivity contribution in [3.05, 3.63) is 38.3 Å². The third kappa shape index (κ3) is 4.60. The van der Waals surface area contributed by atoms with Crippen molar-refractivity contribution in [2.75, 3.05) is 23.7 Å². The lowest BCUT2D eigenvalue weighted by molar-refractivity contribution is 0.351. The Morgan fingerprint density at radius 2 is 1.75 bits per heavy atom. The fraction of sp³-hybridized carbons (Fsp3) is 0.591. The van der Waals surface area contributed by atoms with Gasteiger partial charge in [-0.25, -0.2) is 14.8 Å². The maximum Gasteiger partial charge on any atom is 0.329 e. The summed E-state index contributed by atoms with van der Waals surface area (Å²) in [5, 5.41) is 0.775. The molecule has 2 atom stereocenters. The Labute approximate surface area is 191 Å². The summed E-state index contributed by atoms with van der Waals surface area (Å²) < 4.78 is 3.41. The molecule has 0 aliphatic carbocycles. The van der Waals surface area contributed by atoms with Crippen LogP contribution in [0.4, 0.5) is 5.95 Å². The molecule has 4 heterocycles. The van der Waals surface area contributed by atoms with Crippen molar-refractivity contribution < 1.29 is 0 Å². The van der Waals surface area contributed by atoms with Crippen LogP contribution < -0.4 is 16.1 Å². The average Bonchev–Trinajstić information content (AvgIpc) is 3.08. The number of imidazole rings is 1. The van der Waals surface area contributed by atoms with Crippen LogP contribution in [0, 0.1) is 25.7 Å². The summed E-state index contributed by atoms with van der Waals surface area (Å²) >= 11 is 1.62. The molecule has 0 amide bonds. The van der Waals surface area contributed by atoms with Crippen LogP contribution in [-0.4, -0.2) is 47.9 Å². The van der Waals surface area contributed by atoms with Gasteiger partial charge in [-0.05, 0) is 44.6 Å². The van der Waals surface area contributed by atoms with E-state index in [1.165, 1.54) is 11.0 Å². The SMILES string of the molecule is Cc1cc(C)nc(SCCCn2c(N3C[C@H](C)C[C@@H](C)C3)nc3c2c(=O)[nH]c(=O)n3C)n1. The first kappa shape index (κ1) is 22.6. The predicted octanol–water partition coefficient (Wildman–Crippen LogP) is 2.49. The average molecular weight is 458 g/mol. The van der Waals surface area contributed by atoms with Gasteiger partial charge in [0, 0.05) is 43.8 Å². The topological polar surface area (TPSA) is 102 Å². The number of fused-ring (bicyclic) bond motifs is 1. The lowest BCUT2D eigenvalue weighted by Crippen LogP contribution is -2.40. The van der Waals surface area contributed by atoms with E-state index in [4.69, 9.17) is 4.98 Å². The van der Waals surface area contributed by atoms with Crippen LogP contribution in [0.2, 0.25) is 0 Å². The first-order valence-electron chi connectivity index (χ1n) is 11.1. The van der Waals surface area contributed by atoms with Crippen LogP contribution in [-0.2, 0) is 13.6 Å². The van der Waals surface area contributed by atoms with Crippen molar-refractivity contribution in [2.45, 2.75) is 52.2 Å². The van der Waals surface area contributed by atoms with Crippen molar-refractivity contribution in [3.63, 3.8) is 0 Å². The van der Waals surface area contributed by atoms with Crippen molar-refractivity contribution in [1.29, 1.82) is 0 Å². The number of aryl methyl sites for hydroxylation is 4. The number of nitrogens with one attached hydrogen (secondary N) is 1. The van der Waals surface area contributed by atoms with Gasteiger partial charge >= 0.3 is 5.69 Å². The van der Waals surface area contributed by atoms with Gasteiger partial charge in [0.2, 0.25) is 5.95 Å². The third-order valence-corrected chi connectivity index (χ3v) is 6.79. The molecule has 172 valence electrons. The molecule has 3 aromatic heterocycles. The van der Waals surface area contributed by atoms with E-state index in [9.17, 15) is 9.59 Å². The summed E-state index contributed by atoms with van der Waals surface area (Å²) in [6.45, 7) is 10.9. The van der Waals surface area contributed by atoms with Crippen molar-refractivity contribution in [2.24, 2.45) is 18.9 Å². The number of nitrogens with zero attached hydrogens (tertiary/aromatic N) is 6. The number of hydrogen-bond acceptors (Lipinski definition) is 7. The summed E-state index contributed by atoms with van der Waals surface area (Å²) in [6.07, 6.45) is 2.00. The number of aromatic nitrogens is 6. The summed E-state index contributed by atoms with van der Waals surface area (Å²) in [5.41, 5.74) is 1.99. The maximum atomic E-state index is 12.8. The quantitative estimate of drug-likeness (QED) is 0.345. The van der Waals surface area contributed by atoms with Gasteiger partial charge < -0.3 is 9.47 Å². The highest BCUT2D eigenvalue weighted by Crippen LogP contribution is 2.28. The number of rotatable bonds is 6. The molecule has 32 heavy (non-hydrogen) atoms. The molecule has 0 saturated carbocycles. The Balaban J connectivity index is 1.63. The van der Waals surface area contributed by atoms with Crippen LogP contribution in [0.3, 0.4) is 0 Å². The molecule has 1 saturated heterocycles. The number of anilines is 1. The van der Waals surface area contributed by atoms with Crippen LogP contribution >= 0.6 is 11.8 Å². The van der Waals surface area contributed by atoms with Gasteiger partial charge in [0.15, 0.2) is 16.3 Å². The molecule has 3 aromatic rings. The number of thioether (sulfide) groups is 1. The second-order valence-corrected chi connectivity index (χ2v) is 10.1. The highest BCUT2D eigenvalue weighted by molar-refractivity contribution is 7.99. The fourth-order valence-electron chi connectivity index (χ4n) is 4.65. The fourth-order valence-corrected chi connectivity index (χ4v) is 5.52. The monoisotopic (exact) mass is 457 g/mol. The van der Waals surface area contributed by atoms with E-state index in [1.807, 2.05) is 24.5 Å². The molecule has 1 fully saturated rings. The first-order valence-corrected chi connectivity index (χ1v) is 12.1. The standard InChI is InChI=1S/C22H31N7O2S/c1-13-9-14(2)12-28(11-13)21-25-18-17(19(30)26-22(31)27(18)5)29(21)7-6-8-32-20-23-15(3)10-16(4)24-20/h10,13-14H,6-9,11-12H2,1-5H3,(H,26,30,31)/t13-,14-/m1/s1. The Morgan fingerprint density at radius 1 is 1.09 bits per heavy atom. The summed E-state index contributed by atoms with van der Waals surface area (Å²) in [6, 6.07) is 1.96. The van der Waals surface area contributed by atoms with Crippen LogP contribution in [0.1, 0.15) is 38.1 Å². The minimum absolute atomic E-state index is 0.384. The summed E-state index contributed by atoms with van der Waals surface area (Å²) in [5.74, 6) is 2.69. The zero-order chi connectivity index (χ0) is 23.0. The largest absolute Gasteiger partial charge is 0.342 e. The Hall–Kier alpha value is -2.62. The molecule has 1 N–H and O–H groups in total. The maximum absolute atomic E-state index is 12.8. The number of H-pyrrole nitrogens is 1. The first-order chi connectivity index (χ1) is 15.2. The van der Waals surface area contributed by atoms with Crippen molar-refractivity contribution in [3.8, 4) is 0 Å². The van der Waals surface area contributed by atoms with Crippen LogP contribution in [0.15, 0.2) is 20.8 Å². The zero-order valence-electron chi connectivity index (χ0n) is 19.4. The van der Waals surface area contributed by atoms with Gasteiger partial charge in [-0.15, -0.1) is 0 Å². The highest BCUT2D eigenvalue weighted by atomic mass is 32.2. The summed E-state index contributed by atoms with van der Waals surface area (Å²) in [7, 11) is 1.65. The smallest absolute Gasteiger partial charge is 0.329 e.